The molecule has 0 unspecified atom stereocenters. The SMILES string of the molecule is C1=Cc2ccc3ccc4sccc4c3c2OC1. The van der Waals surface area contributed by atoms with E-state index in [1.807, 2.05) is 0 Å². The summed E-state index contributed by atoms with van der Waals surface area (Å²) in [5, 5.41) is 5.96. The van der Waals surface area contributed by atoms with E-state index in [1.165, 1.54) is 26.4 Å². The van der Waals surface area contributed by atoms with Gasteiger partial charge >= 0.3 is 0 Å². The number of ether oxygens (including phenoxy) is 1. The Labute approximate surface area is 103 Å². The summed E-state index contributed by atoms with van der Waals surface area (Å²) in [4.78, 5) is 0. The van der Waals surface area contributed by atoms with Gasteiger partial charge < -0.3 is 4.74 Å². The molecule has 0 N–H and O–H groups in total. The van der Waals surface area contributed by atoms with Gasteiger partial charge in [0.1, 0.15) is 12.4 Å². The quantitative estimate of drug-likeness (QED) is 0.562. The monoisotopic (exact) mass is 238 g/mol. The molecule has 0 bridgehead atoms. The minimum absolute atomic E-state index is 0.673. The number of fused-ring (bicyclic) bond motifs is 5. The Kier molecular flexibility index (Phi) is 1.82. The Hall–Kier alpha value is -1.80. The van der Waals surface area contributed by atoms with Gasteiger partial charge in [0, 0.05) is 21.0 Å². The van der Waals surface area contributed by atoms with Crippen molar-refractivity contribution in [1.29, 1.82) is 0 Å². The van der Waals surface area contributed by atoms with E-state index in [0.717, 1.165) is 5.75 Å². The first kappa shape index (κ1) is 9.25. The summed E-state index contributed by atoms with van der Waals surface area (Å²) >= 11 is 1.78. The molecule has 0 saturated carbocycles. The lowest BCUT2D eigenvalue weighted by molar-refractivity contribution is 0.363. The lowest BCUT2D eigenvalue weighted by Crippen LogP contribution is -2.00. The molecular weight excluding hydrogens is 228 g/mol. The molecule has 17 heavy (non-hydrogen) atoms. The molecule has 2 heteroatoms. The molecule has 4 rings (SSSR count). The number of hydrogen-bond donors (Lipinski definition) is 0. The maximum Gasteiger partial charge on any atom is 0.135 e. The van der Waals surface area contributed by atoms with Crippen LogP contribution < -0.4 is 4.74 Å². The Morgan fingerprint density at radius 3 is 3.00 bits per heavy atom. The van der Waals surface area contributed by atoms with Gasteiger partial charge in [-0.2, -0.15) is 0 Å². The summed E-state index contributed by atoms with van der Waals surface area (Å²) in [7, 11) is 0. The van der Waals surface area contributed by atoms with Gasteiger partial charge in [0.2, 0.25) is 0 Å². The summed E-state index contributed by atoms with van der Waals surface area (Å²) in [5.41, 5.74) is 1.18. The second kappa shape index (κ2) is 3.34. The molecule has 1 aliphatic rings. The molecule has 1 aliphatic heterocycles. The van der Waals surface area contributed by atoms with Crippen molar-refractivity contribution in [2.75, 3.05) is 6.61 Å². The van der Waals surface area contributed by atoms with E-state index < -0.39 is 0 Å². The van der Waals surface area contributed by atoms with Crippen molar-refractivity contribution in [3.63, 3.8) is 0 Å². The van der Waals surface area contributed by atoms with Crippen molar-refractivity contribution in [3.8, 4) is 5.75 Å². The maximum absolute atomic E-state index is 5.83. The van der Waals surface area contributed by atoms with E-state index in [4.69, 9.17) is 4.74 Å². The van der Waals surface area contributed by atoms with Crippen molar-refractivity contribution >= 4 is 38.3 Å². The highest BCUT2D eigenvalue weighted by atomic mass is 32.1. The van der Waals surface area contributed by atoms with Crippen LogP contribution in [0.2, 0.25) is 0 Å². The van der Waals surface area contributed by atoms with Crippen LogP contribution in [0.15, 0.2) is 41.8 Å². The largest absolute Gasteiger partial charge is 0.488 e. The third-order valence-corrected chi connectivity index (χ3v) is 4.10. The fourth-order valence-corrected chi connectivity index (χ4v) is 3.24. The van der Waals surface area contributed by atoms with Gasteiger partial charge in [-0.25, -0.2) is 0 Å². The molecule has 0 amide bonds. The number of thiophene rings is 1. The second-order valence-electron chi connectivity index (χ2n) is 4.19. The zero-order valence-corrected chi connectivity index (χ0v) is 9.96. The Balaban J connectivity index is 2.26. The average Bonchev–Trinajstić information content (AvgIpc) is 2.86. The van der Waals surface area contributed by atoms with Crippen LogP contribution >= 0.6 is 11.3 Å². The van der Waals surface area contributed by atoms with Crippen molar-refractivity contribution in [3.05, 3.63) is 47.4 Å². The molecule has 0 radical (unpaired) electrons. The molecule has 0 saturated heterocycles. The highest BCUT2D eigenvalue weighted by molar-refractivity contribution is 7.17. The van der Waals surface area contributed by atoms with E-state index in [-0.39, 0.29) is 0 Å². The molecule has 0 atom stereocenters. The standard InChI is InChI=1S/C15H10OS/c1-2-11-4-3-10-5-6-13-12(7-9-17-13)14(10)15(11)16-8-1/h1-7,9H,8H2. The van der Waals surface area contributed by atoms with Crippen LogP contribution in [0.1, 0.15) is 5.56 Å². The molecule has 82 valence electrons. The van der Waals surface area contributed by atoms with E-state index in [1.54, 1.807) is 11.3 Å². The highest BCUT2D eigenvalue weighted by Gasteiger charge is 2.12. The van der Waals surface area contributed by atoms with Crippen LogP contribution in [0.3, 0.4) is 0 Å². The summed E-state index contributed by atoms with van der Waals surface area (Å²) in [6.07, 6.45) is 4.20. The maximum atomic E-state index is 5.83. The topological polar surface area (TPSA) is 9.23 Å². The van der Waals surface area contributed by atoms with E-state index in [9.17, 15) is 0 Å². The molecule has 1 aromatic heterocycles. The first-order valence-corrected chi connectivity index (χ1v) is 6.54. The fourth-order valence-electron chi connectivity index (χ4n) is 2.45. The highest BCUT2D eigenvalue weighted by Crippen LogP contribution is 2.39. The first-order chi connectivity index (χ1) is 8.43. The Morgan fingerprint density at radius 1 is 1.06 bits per heavy atom. The van der Waals surface area contributed by atoms with Crippen molar-refractivity contribution in [1.82, 2.24) is 0 Å². The predicted molar refractivity (Wildman–Crippen MR) is 73.9 cm³/mol. The van der Waals surface area contributed by atoms with Crippen LogP contribution in [0.4, 0.5) is 0 Å². The summed E-state index contributed by atoms with van der Waals surface area (Å²) in [5.74, 6) is 1.04. The Bertz CT molecular complexity index is 752. The molecule has 0 aliphatic carbocycles. The van der Waals surface area contributed by atoms with Gasteiger partial charge in [-0.3, -0.25) is 0 Å². The van der Waals surface area contributed by atoms with Gasteiger partial charge in [-0.1, -0.05) is 24.3 Å². The van der Waals surface area contributed by atoms with Gasteiger partial charge in [-0.15, -0.1) is 11.3 Å². The number of rotatable bonds is 0. The van der Waals surface area contributed by atoms with Gasteiger partial charge in [0.15, 0.2) is 0 Å². The third-order valence-electron chi connectivity index (χ3n) is 3.22. The molecule has 2 heterocycles. The van der Waals surface area contributed by atoms with Crippen molar-refractivity contribution in [2.24, 2.45) is 0 Å². The summed E-state index contributed by atoms with van der Waals surface area (Å²) in [6, 6.07) is 10.9. The van der Waals surface area contributed by atoms with Crippen LogP contribution in [0.25, 0.3) is 26.9 Å². The molecular formula is C15H10OS. The fraction of sp³-hybridized carbons (Fsp3) is 0.0667. The minimum atomic E-state index is 0.673. The zero-order valence-electron chi connectivity index (χ0n) is 9.14. The van der Waals surface area contributed by atoms with Gasteiger partial charge in [0.05, 0.1) is 0 Å². The molecule has 1 nitrogen and oxygen atoms in total. The van der Waals surface area contributed by atoms with E-state index >= 15 is 0 Å². The Morgan fingerprint density at radius 2 is 2.00 bits per heavy atom. The normalized spacial score (nSPS) is 13.9. The summed E-state index contributed by atoms with van der Waals surface area (Å²) < 4.78 is 7.16. The number of benzene rings is 2. The van der Waals surface area contributed by atoms with Crippen LogP contribution in [-0.4, -0.2) is 6.61 Å². The van der Waals surface area contributed by atoms with Crippen LogP contribution in [-0.2, 0) is 0 Å². The minimum Gasteiger partial charge on any atom is -0.488 e. The molecule has 3 aromatic rings. The third kappa shape index (κ3) is 1.25. The van der Waals surface area contributed by atoms with Gasteiger partial charge in [-0.05, 0) is 29.0 Å². The lowest BCUT2D eigenvalue weighted by atomic mass is 10.0. The molecule has 0 fully saturated rings. The van der Waals surface area contributed by atoms with E-state index in [2.05, 4.69) is 47.9 Å². The van der Waals surface area contributed by atoms with Gasteiger partial charge in [0.25, 0.3) is 0 Å². The summed E-state index contributed by atoms with van der Waals surface area (Å²) in [6.45, 7) is 0.673. The average molecular weight is 238 g/mol. The first-order valence-electron chi connectivity index (χ1n) is 5.66. The van der Waals surface area contributed by atoms with Crippen LogP contribution in [0, 0.1) is 0 Å². The molecule has 2 aromatic carbocycles. The van der Waals surface area contributed by atoms with Crippen molar-refractivity contribution < 1.29 is 4.74 Å². The molecule has 0 spiro atoms. The van der Waals surface area contributed by atoms with E-state index in [0.29, 0.717) is 6.61 Å². The predicted octanol–water partition coefficient (Wildman–Crippen LogP) is 4.46. The second-order valence-corrected chi connectivity index (χ2v) is 5.14. The number of hydrogen-bond acceptors (Lipinski definition) is 2. The zero-order chi connectivity index (χ0) is 11.2. The smallest absolute Gasteiger partial charge is 0.135 e. The van der Waals surface area contributed by atoms with Crippen molar-refractivity contribution in [2.45, 2.75) is 0 Å². The lowest BCUT2D eigenvalue weighted by Gasteiger charge is -2.15. The van der Waals surface area contributed by atoms with Crippen LogP contribution in [0.5, 0.6) is 5.75 Å².